The summed E-state index contributed by atoms with van der Waals surface area (Å²) in [4.78, 5) is 13.8. The van der Waals surface area contributed by atoms with E-state index < -0.39 is 0 Å². The van der Waals surface area contributed by atoms with Gasteiger partial charge in [-0.2, -0.15) is 0 Å². The van der Waals surface area contributed by atoms with E-state index in [-0.39, 0.29) is 6.04 Å². The summed E-state index contributed by atoms with van der Waals surface area (Å²) in [5, 5.41) is 3.16. The first kappa shape index (κ1) is 9.00. The molecule has 2 heterocycles. The van der Waals surface area contributed by atoms with Gasteiger partial charge in [-0.15, -0.1) is 0 Å². The highest BCUT2D eigenvalue weighted by Crippen LogP contribution is 2.29. The van der Waals surface area contributed by atoms with Crippen LogP contribution < -0.4 is 5.32 Å². The molecule has 3 nitrogen and oxygen atoms in total. The van der Waals surface area contributed by atoms with Crippen molar-refractivity contribution in [3.05, 3.63) is 0 Å². The Hall–Kier alpha value is -0.570. The fraction of sp³-hybridized carbons (Fsp3) is 0.900. The molecule has 2 aliphatic rings. The average molecular weight is 182 g/mol. The Bertz CT molecular complexity index is 221. The quantitative estimate of drug-likeness (QED) is 0.644. The largest absolute Gasteiger partial charge is 0.341 e. The summed E-state index contributed by atoms with van der Waals surface area (Å²) in [7, 11) is 0. The van der Waals surface area contributed by atoms with Crippen molar-refractivity contribution < 1.29 is 4.79 Å². The molecule has 0 saturated carbocycles. The van der Waals surface area contributed by atoms with Gasteiger partial charge in [0.05, 0.1) is 6.04 Å². The summed E-state index contributed by atoms with van der Waals surface area (Å²) >= 11 is 0. The van der Waals surface area contributed by atoms with Gasteiger partial charge in [-0.05, 0) is 24.8 Å². The average Bonchev–Trinajstić information content (AvgIpc) is 2.26. The summed E-state index contributed by atoms with van der Waals surface area (Å²) in [6, 6.07) is 0.133. The Labute approximate surface area is 79.5 Å². The molecule has 0 aliphatic carbocycles. The third-order valence-electron chi connectivity index (χ3n) is 3.11. The van der Waals surface area contributed by atoms with Gasteiger partial charge in [0, 0.05) is 13.1 Å². The van der Waals surface area contributed by atoms with Crippen molar-refractivity contribution in [2.75, 3.05) is 19.6 Å². The number of carbonyl (C=O) groups is 1. The maximum absolute atomic E-state index is 11.8. The SMILES string of the molecule is CC1(C)CCN(C(=O)[C@@H]2CCN2)C1. The molecule has 13 heavy (non-hydrogen) atoms. The van der Waals surface area contributed by atoms with Gasteiger partial charge >= 0.3 is 0 Å². The van der Waals surface area contributed by atoms with E-state index in [9.17, 15) is 4.79 Å². The lowest BCUT2D eigenvalue weighted by molar-refractivity contribution is -0.134. The number of hydrogen-bond acceptors (Lipinski definition) is 2. The van der Waals surface area contributed by atoms with Gasteiger partial charge in [0.1, 0.15) is 0 Å². The molecular formula is C10H18N2O. The van der Waals surface area contributed by atoms with Crippen LogP contribution in [0.1, 0.15) is 26.7 Å². The van der Waals surface area contributed by atoms with E-state index in [0.29, 0.717) is 11.3 Å². The number of likely N-dealkylation sites (tertiary alicyclic amines) is 1. The normalized spacial score (nSPS) is 31.5. The van der Waals surface area contributed by atoms with Crippen LogP contribution in [0.3, 0.4) is 0 Å². The van der Waals surface area contributed by atoms with Gasteiger partial charge in [-0.3, -0.25) is 4.79 Å². The van der Waals surface area contributed by atoms with Crippen LogP contribution in [0.5, 0.6) is 0 Å². The summed E-state index contributed by atoms with van der Waals surface area (Å²) in [6.45, 7) is 7.35. The lowest BCUT2D eigenvalue weighted by atomic mass is 9.93. The molecule has 2 saturated heterocycles. The van der Waals surface area contributed by atoms with Crippen LogP contribution in [-0.2, 0) is 4.79 Å². The molecule has 0 aromatic carbocycles. The first-order valence-corrected chi connectivity index (χ1v) is 5.11. The minimum absolute atomic E-state index is 0.133. The molecule has 1 atom stereocenters. The molecule has 0 bridgehead atoms. The van der Waals surface area contributed by atoms with E-state index in [1.165, 1.54) is 0 Å². The lowest BCUT2D eigenvalue weighted by Gasteiger charge is -2.31. The molecule has 2 rings (SSSR count). The van der Waals surface area contributed by atoms with E-state index >= 15 is 0 Å². The zero-order chi connectivity index (χ0) is 9.47. The fourth-order valence-electron chi connectivity index (χ4n) is 2.02. The summed E-state index contributed by atoms with van der Waals surface area (Å²) in [6.07, 6.45) is 2.17. The Morgan fingerprint density at radius 3 is 2.62 bits per heavy atom. The second-order valence-corrected chi connectivity index (χ2v) is 4.97. The van der Waals surface area contributed by atoms with Crippen LogP contribution in [0, 0.1) is 5.41 Å². The standard InChI is InChI=1S/C10H18N2O/c1-10(2)4-6-12(7-10)9(13)8-3-5-11-8/h8,11H,3-7H2,1-2H3/t8-/m0/s1. The molecule has 0 unspecified atom stereocenters. The molecule has 1 N–H and O–H groups in total. The molecule has 3 heteroatoms. The minimum Gasteiger partial charge on any atom is -0.341 e. The first-order valence-electron chi connectivity index (χ1n) is 5.11. The van der Waals surface area contributed by atoms with Crippen LogP contribution in [0.25, 0.3) is 0 Å². The van der Waals surface area contributed by atoms with Crippen molar-refractivity contribution in [2.45, 2.75) is 32.7 Å². The van der Waals surface area contributed by atoms with Crippen molar-refractivity contribution in [1.29, 1.82) is 0 Å². The van der Waals surface area contributed by atoms with Crippen molar-refractivity contribution in [3.63, 3.8) is 0 Å². The van der Waals surface area contributed by atoms with Crippen LogP contribution in [0.4, 0.5) is 0 Å². The first-order chi connectivity index (χ1) is 6.08. The zero-order valence-electron chi connectivity index (χ0n) is 8.47. The molecule has 2 fully saturated rings. The number of carbonyl (C=O) groups excluding carboxylic acids is 1. The van der Waals surface area contributed by atoms with Gasteiger partial charge in [0.2, 0.25) is 5.91 Å². The van der Waals surface area contributed by atoms with Gasteiger partial charge in [-0.25, -0.2) is 0 Å². The second-order valence-electron chi connectivity index (χ2n) is 4.97. The van der Waals surface area contributed by atoms with Crippen LogP contribution in [0.2, 0.25) is 0 Å². The third-order valence-corrected chi connectivity index (χ3v) is 3.11. The fourth-order valence-corrected chi connectivity index (χ4v) is 2.02. The topological polar surface area (TPSA) is 32.3 Å². The van der Waals surface area contributed by atoms with Crippen molar-refractivity contribution in [3.8, 4) is 0 Å². The molecule has 2 aliphatic heterocycles. The Kier molecular flexibility index (Phi) is 2.06. The van der Waals surface area contributed by atoms with E-state index in [1.807, 2.05) is 4.90 Å². The maximum Gasteiger partial charge on any atom is 0.239 e. The summed E-state index contributed by atoms with van der Waals surface area (Å²) < 4.78 is 0. The smallest absolute Gasteiger partial charge is 0.239 e. The molecule has 0 aromatic rings. The predicted octanol–water partition coefficient (Wildman–Crippen LogP) is 0.607. The third kappa shape index (κ3) is 1.70. The van der Waals surface area contributed by atoms with Gasteiger partial charge in [0.25, 0.3) is 0 Å². The van der Waals surface area contributed by atoms with Gasteiger partial charge < -0.3 is 10.2 Å². The number of rotatable bonds is 1. The monoisotopic (exact) mass is 182 g/mol. The Morgan fingerprint density at radius 1 is 1.54 bits per heavy atom. The highest BCUT2D eigenvalue weighted by Gasteiger charge is 2.36. The lowest BCUT2D eigenvalue weighted by Crippen LogP contribution is -2.54. The van der Waals surface area contributed by atoms with Gasteiger partial charge in [-0.1, -0.05) is 13.8 Å². The highest BCUT2D eigenvalue weighted by atomic mass is 16.2. The molecule has 74 valence electrons. The van der Waals surface area contributed by atoms with E-state index in [4.69, 9.17) is 0 Å². The van der Waals surface area contributed by atoms with Crippen LogP contribution in [0.15, 0.2) is 0 Å². The van der Waals surface area contributed by atoms with E-state index in [0.717, 1.165) is 32.5 Å². The van der Waals surface area contributed by atoms with Crippen LogP contribution in [-0.4, -0.2) is 36.5 Å². The number of hydrogen-bond donors (Lipinski definition) is 1. The van der Waals surface area contributed by atoms with Gasteiger partial charge in [0.15, 0.2) is 0 Å². The maximum atomic E-state index is 11.8. The number of nitrogens with zero attached hydrogens (tertiary/aromatic N) is 1. The molecule has 1 amide bonds. The summed E-state index contributed by atoms with van der Waals surface area (Å²) in [5.41, 5.74) is 0.333. The number of amides is 1. The second kappa shape index (κ2) is 2.98. The van der Waals surface area contributed by atoms with E-state index in [1.54, 1.807) is 0 Å². The van der Waals surface area contributed by atoms with Crippen LogP contribution >= 0.6 is 0 Å². The molecule has 0 aromatic heterocycles. The van der Waals surface area contributed by atoms with Crippen molar-refractivity contribution in [2.24, 2.45) is 5.41 Å². The Balaban J connectivity index is 1.91. The molecular weight excluding hydrogens is 164 g/mol. The summed E-state index contributed by atoms with van der Waals surface area (Å²) in [5.74, 6) is 0.317. The van der Waals surface area contributed by atoms with E-state index in [2.05, 4.69) is 19.2 Å². The molecule has 0 spiro atoms. The van der Waals surface area contributed by atoms with Crippen molar-refractivity contribution >= 4 is 5.91 Å². The van der Waals surface area contributed by atoms with Crippen molar-refractivity contribution in [1.82, 2.24) is 10.2 Å². The highest BCUT2D eigenvalue weighted by molar-refractivity contribution is 5.83. The number of nitrogens with one attached hydrogen (secondary N) is 1. The zero-order valence-corrected chi connectivity index (χ0v) is 8.47. The minimum atomic E-state index is 0.133. The molecule has 0 radical (unpaired) electrons. The predicted molar refractivity (Wildman–Crippen MR) is 51.4 cm³/mol. The Morgan fingerprint density at radius 2 is 2.23 bits per heavy atom.